The largest absolute Gasteiger partial charge is 0.483 e. The normalized spacial score (nSPS) is 18.0. The number of rotatable bonds is 6. The summed E-state index contributed by atoms with van der Waals surface area (Å²) in [6, 6.07) is 29.2. The molecule has 4 rings (SSSR count). The number of benzene rings is 3. The third-order valence-corrected chi connectivity index (χ3v) is 4.89. The van der Waals surface area contributed by atoms with Gasteiger partial charge in [0.05, 0.1) is 6.61 Å². The minimum absolute atomic E-state index is 0.00840. The summed E-state index contributed by atoms with van der Waals surface area (Å²) in [7, 11) is 0. The number of nitrogens with one attached hydrogen (secondary N) is 1. The molecule has 0 saturated carbocycles. The van der Waals surface area contributed by atoms with Crippen molar-refractivity contribution in [1.82, 2.24) is 5.32 Å². The van der Waals surface area contributed by atoms with E-state index in [1.807, 2.05) is 18.2 Å². The first-order chi connectivity index (χ1) is 13.4. The second kappa shape index (κ2) is 8.85. The van der Waals surface area contributed by atoms with Crippen molar-refractivity contribution in [2.45, 2.75) is 18.6 Å². The number of morpholine rings is 1. The maximum Gasteiger partial charge on any atom is 0.151 e. The summed E-state index contributed by atoms with van der Waals surface area (Å²) < 4.78 is 12.6. The fourth-order valence-corrected chi connectivity index (χ4v) is 3.50. The van der Waals surface area contributed by atoms with Gasteiger partial charge in [-0.25, -0.2) is 0 Å². The zero-order chi connectivity index (χ0) is 18.3. The van der Waals surface area contributed by atoms with Gasteiger partial charge in [0.1, 0.15) is 11.9 Å². The molecule has 3 aromatic rings. The fraction of sp³-hybridized carbons (Fsp3) is 0.250. The highest BCUT2D eigenvalue weighted by Gasteiger charge is 2.28. The van der Waals surface area contributed by atoms with E-state index in [2.05, 4.69) is 72.0 Å². The summed E-state index contributed by atoms with van der Waals surface area (Å²) in [4.78, 5) is 0. The van der Waals surface area contributed by atoms with Gasteiger partial charge in [0.25, 0.3) is 0 Å². The molecule has 138 valence electrons. The molecule has 3 nitrogen and oxygen atoms in total. The maximum absolute atomic E-state index is 6.58. The molecule has 2 atom stereocenters. The summed E-state index contributed by atoms with van der Waals surface area (Å²) in [6.07, 6.45) is 0.698. The SMILES string of the molecule is c1ccc(Cc2ccccc2OC(c2ccccc2)[C@@H]2CNCCO2)cc1. The summed E-state index contributed by atoms with van der Waals surface area (Å²) in [6.45, 7) is 2.39. The average Bonchev–Trinajstić information content (AvgIpc) is 2.75. The molecular weight excluding hydrogens is 334 g/mol. The van der Waals surface area contributed by atoms with Gasteiger partial charge in [0.15, 0.2) is 6.10 Å². The second-order valence-corrected chi connectivity index (χ2v) is 6.83. The van der Waals surface area contributed by atoms with Crippen molar-refractivity contribution >= 4 is 0 Å². The fourth-order valence-electron chi connectivity index (χ4n) is 3.50. The molecule has 1 heterocycles. The van der Waals surface area contributed by atoms with Gasteiger partial charge in [-0.1, -0.05) is 78.9 Å². The summed E-state index contributed by atoms with van der Waals surface area (Å²) in [5.41, 5.74) is 3.61. The molecule has 0 bridgehead atoms. The molecule has 1 saturated heterocycles. The number of hydrogen-bond donors (Lipinski definition) is 1. The Bertz CT molecular complexity index is 829. The Morgan fingerprint density at radius 1 is 0.889 bits per heavy atom. The topological polar surface area (TPSA) is 30.5 Å². The van der Waals surface area contributed by atoms with Crippen molar-refractivity contribution in [3.8, 4) is 5.75 Å². The molecule has 1 fully saturated rings. The zero-order valence-electron chi connectivity index (χ0n) is 15.4. The third-order valence-electron chi connectivity index (χ3n) is 4.89. The minimum Gasteiger partial charge on any atom is -0.483 e. The molecule has 0 aliphatic carbocycles. The van der Waals surface area contributed by atoms with Crippen LogP contribution in [0.3, 0.4) is 0 Å². The highest BCUT2D eigenvalue weighted by molar-refractivity contribution is 5.38. The van der Waals surface area contributed by atoms with E-state index in [1.165, 1.54) is 11.1 Å². The van der Waals surface area contributed by atoms with Gasteiger partial charge in [0, 0.05) is 19.5 Å². The molecule has 3 aromatic carbocycles. The molecular formula is C24H25NO2. The predicted molar refractivity (Wildman–Crippen MR) is 108 cm³/mol. The van der Waals surface area contributed by atoms with Crippen LogP contribution in [0.15, 0.2) is 84.9 Å². The second-order valence-electron chi connectivity index (χ2n) is 6.83. The van der Waals surface area contributed by atoms with Crippen molar-refractivity contribution in [3.05, 3.63) is 102 Å². The van der Waals surface area contributed by atoms with Crippen LogP contribution in [0.25, 0.3) is 0 Å². The van der Waals surface area contributed by atoms with Crippen molar-refractivity contribution in [2.24, 2.45) is 0 Å². The molecule has 27 heavy (non-hydrogen) atoms. The van der Waals surface area contributed by atoms with E-state index in [1.54, 1.807) is 0 Å². The van der Waals surface area contributed by atoms with E-state index >= 15 is 0 Å². The molecule has 0 amide bonds. The quantitative estimate of drug-likeness (QED) is 0.708. The highest BCUT2D eigenvalue weighted by atomic mass is 16.5. The smallest absolute Gasteiger partial charge is 0.151 e. The molecule has 1 aliphatic heterocycles. The van der Waals surface area contributed by atoms with Crippen LogP contribution in [0.4, 0.5) is 0 Å². The maximum atomic E-state index is 6.58. The van der Waals surface area contributed by atoms with Crippen LogP contribution in [-0.2, 0) is 11.2 Å². The molecule has 1 N–H and O–H groups in total. The summed E-state index contributed by atoms with van der Waals surface area (Å²) >= 11 is 0. The Balaban J connectivity index is 1.61. The first-order valence-electron chi connectivity index (χ1n) is 9.56. The Kier molecular flexibility index (Phi) is 5.83. The lowest BCUT2D eigenvalue weighted by atomic mass is 10.0. The van der Waals surface area contributed by atoms with E-state index in [0.29, 0.717) is 6.61 Å². The molecule has 0 radical (unpaired) electrons. The van der Waals surface area contributed by atoms with Crippen LogP contribution in [0, 0.1) is 0 Å². The van der Waals surface area contributed by atoms with Crippen molar-refractivity contribution in [1.29, 1.82) is 0 Å². The first-order valence-corrected chi connectivity index (χ1v) is 9.56. The molecule has 0 aromatic heterocycles. The first kappa shape index (κ1) is 17.8. The van der Waals surface area contributed by atoms with Crippen LogP contribution >= 0.6 is 0 Å². The van der Waals surface area contributed by atoms with E-state index in [9.17, 15) is 0 Å². The van der Waals surface area contributed by atoms with Gasteiger partial charge in [0.2, 0.25) is 0 Å². The van der Waals surface area contributed by atoms with Gasteiger partial charge in [-0.3, -0.25) is 0 Å². The van der Waals surface area contributed by atoms with Gasteiger partial charge < -0.3 is 14.8 Å². The Labute approximate surface area is 161 Å². The molecule has 1 unspecified atom stereocenters. The van der Waals surface area contributed by atoms with Crippen molar-refractivity contribution in [2.75, 3.05) is 19.7 Å². The lowest BCUT2D eigenvalue weighted by molar-refractivity contribution is -0.0434. The van der Waals surface area contributed by atoms with Gasteiger partial charge in [-0.05, 0) is 22.8 Å². The van der Waals surface area contributed by atoms with Crippen LogP contribution in [0.1, 0.15) is 22.8 Å². The molecule has 3 heteroatoms. The summed E-state index contributed by atoms with van der Waals surface area (Å²) in [5, 5.41) is 3.42. The Morgan fingerprint density at radius 2 is 1.59 bits per heavy atom. The predicted octanol–water partition coefficient (Wildman–Crippen LogP) is 4.39. The van der Waals surface area contributed by atoms with Crippen molar-refractivity contribution < 1.29 is 9.47 Å². The number of hydrogen-bond acceptors (Lipinski definition) is 3. The van der Waals surface area contributed by atoms with E-state index in [-0.39, 0.29) is 12.2 Å². The van der Waals surface area contributed by atoms with E-state index in [4.69, 9.17) is 9.47 Å². The molecule has 1 aliphatic rings. The van der Waals surface area contributed by atoms with Gasteiger partial charge >= 0.3 is 0 Å². The lowest BCUT2D eigenvalue weighted by Gasteiger charge is -2.32. The Hall–Kier alpha value is -2.62. The number of ether oxygens (including phenoxy) is 2. The van der Waals surface area contributed by atoms with Gasteiger partial charge in [-0.2, -0.15) is 0 Å². The minimum atomic E-state index is -0.143. The zero-order valence-corrected chi connectivity index (χ0v) is 15.4. The van der Waals surface area contributed by atoms with Crippen LogP contribution < -0.4 is 10.1 Å². The van der Waals surface area contributed by atoms with E-state index in [0.717, 1.165) is 30.8 Å². The lowest BCUT2D eigenvalue weighted by Crippen LogP contribution is -2.43. The summed E-state index contributed by atoms with van der Waals surface area (Å²) in [5.74, 6) is 0.921. The standard InChI is InChI=1S/C24H25NO2/c1-3-9-19(10-4-1)17-21-13-7-8-14-22(21)27-24(20-11-5-2-6-12-20)23-18-25-15-16-26-23/h1-14,23-25H,15-18H2/t23-,24?/m0/s1. The monoisotopic (exact) mass is 359 g/mol. The van der Waals surface area contributed by atoms with Crippen LogP contribution in [0.2, 0.25) is 0 Å². The molecule has 0 spiro atoms. The van der Waals surface area contributed by atoms with Crippen LogP contribution in [0.5, 0.6) is 5.75 Å². The number of para-hydroxylation sites is 1. The third kappa shape index (κ3) is 4.57. The van der Waals surface area contributed by atoms with Crippen molar-refractivity contribution in [3.63, 3.8) is 0 Å². The van der Waals surface area contributed by atoms with Gasteiger partial charge in [-0.15, -0.1) is 0 Å². The highest BCUT2D eigenvalue weighted by Crippen LogP contribution is 2.30. The Morgan fingerprint density at radius 3 is 2.33 bits per heavy atom. The average molecular weight is 359 g/mol. The van der Waals surface area contributed by atoms with Crippen LogP contribution in [-0.4, -0.2) is 25.8 Å². The van der Waals surface area contributed by atoms with E-state index < -0.39 is 0 Å².